The van der Waals surface area contributed by atoms with Crippen molar-refractivity contribution in [3.8, 4) is 0 Å². The van der Waals surface area contributed by atoms with E-state index in [9.17, 15) is 9.59 Å². The van der Waals surface area contributed by atoms with Gasteiger partial charge in [-0.05, 0) is 29.9 Å². The Morgan fingerprint density at radius 3 is 2.45 bits per heavy atom. The van der Waals surface area contributed by atoms with Crippen LogP contribution in [-0.4, -0.2) is 22.8 Å². The van der Waals surface area contributed by atoms with Gasteiger partial charge in [0.1, 0.15) is 6.04 Å². The summed E-state index contributed by atoms with van der Waals surface area (Å²) in [6, 6.07) is 3.25. The molecule has 0 spiro atoms. The molecule has 5 heteroatoms. The minimum atomic E-state index is -0.483. The lowest BCUT2D eigenvalue weighted by molar-refractivity contribution is -0.129. The molecule has 122 valence electrons. The van der Waals surface area contributed by atoms with Crippen molar-refractivity contribution in [3.63, 3.8) is 0 Å². The second-order valence-corrected chi connectivity index (χ2v) is 6.43. The van der Waals surface area contributed by atoms with Crippen LogP contribution in [0, 0.1) is 11.8 Å². The Morgan fingerprint density at radius 2 is 1.91 bits per heavy atom. The van der Waals surface area contributed by atoms with E-state index in [1.165, 1.54) is 0 Å². The Kier molecular flexibility index (Phi) is 7.57. The number of nitrogens with one attached hydrogen (secondary N) is 2. The molecule has 0 unspecified atom stereocenters. The van der Waals surface area contributed by atoms with Gasteiger partial charge in [-0.25, -0.2) is 0 Å². The summed E-state index contributed by atoms with van der Waals surface area (Å²) in [4.78, 5) is 28.3. The molecule has 5 nitrogen and oxygen atoms in total. The van der Waals surface area contributed by atoms with Crippen LogP contribution in [-0.2, 0) is 16.1 Å². The number of pyridine rings is 1. The molecule has 0 fully saturated rings. The second-order valence-electron chi connectivity index (χ2n) is 6.43. The van der Waals surface area contributed by atoms with E-state index in [4.69, 9.17) is 0 Å². The van der Waals surface area contributed by atoms with E-state index in [0.717, 1.165) is 5.56 Å². The van der Waals surface area contributed by atoms with Crippen LogP contribution in [0.3, 0.4) is 0 Å². The van der Waals surface area contributed by atoms with E-state index in [0.29, 0.717) is 25.3 Å². The predicted molar refractivity (Wildman–Crippen MR) is 86.9 cm³/mol. The average Bonchev–Trinajstić information content (AvgIpc) is 2.43. The SMILES string of the molecule is CC(C)CC(=O)N[C@@H](CC(C)C)C(=O)NCc1cccnc1. The summed E-state index contributed by atoms with van der Waals surface area (Å²) in [6.45, 7) is 8.46. The van der Waals surface area contributed by atoms with Gasteiger partial charge in [-0.1, -0.05) is 33.8 Å². The highest BCUT2D eigenvalue weighted by Crippen LogP contribution is 2.07. The Morgan fingerprint density at radius 1 is 1.18 bits per heavy atom. The molecule has 0 saturated carbocycles. The maximum absolute atomic E-state index is 12.3. The molecule has 1 aromatic rings. The maximum atomic E-state index is 12.3. The number of carbonyl (C=O) groups is 2. The fraction of sp³-hybridized carbons (Fsp3) is 0.588. The van der Waals surface area contributed by atoms with Crippen molar-refractivity contribution < 1.29 is 9.59 Å². The molecule has 0 aliphatic heterocycles. The largest absolute Gasteiger partial charge is 0.350 e. The highest BCUT2D eigenvalue weighted by atomic mass is 16.2. The summed E-state index contributed by atoms with van der Waals surface area (Å²) in [5.74, 6) is 0.387. The molecule has 0 radical (unpaired) electrons. The van der Waals surface area contributed by atoms with Crippen LogP contribution in [0.4, 0.5) is 0 Å². The van der Waals surface area contributed by atoms with Crippen LogP contribution >= 0.6 is 0 Å². The van der Waals surface area contributed by atoms with Crippen LogP contribution < -0.4 is 10.6 Å². The average molecular weight is 305 g/mol. The van der Waals surface area contributed by atoms with Gasteiger partial charge in [0.15, 0.2) is 0 Å². The van der Waals surface area contributed by atoms with Gasteiger partial charge in [-0.15, -0.1) is 0 Å². The standard InChI is InChI=1S/C17H27N3O2/c1-12(2)8-15(20-16(21)9-13(3)4)17(22)19-11-14-6-5-7-18-10-14/h5-7,10,12-13,15H,8-9,11H2,1-4H3,(H,19,22)(H,20,21)/t15-/m0/s1. The Labute approximate surface area is 132 Å². The maximum Gasteiger partial charge on any atom is 0.242 e. The number of nitrogens with zero attached hydrogens (tertiary/aromatic N) is 1. The third-order valence-electron chi connectivity index (χ3n) is 3.14. The monoisotopic (exact) mass is 305 g/mol. The molecule has 0 aliphatic rings. The molecular formula is C17H27N3O2. The van der Waals surface area contributed by atoms with Crippen LogP contribution in [0.5, 0.6) is 0 Å². The van der Waals surface area contributed by atoms with Gasteiger partial charge in [0, 0.05) is 25.4 Å². The first-order chi connectivity index (χ1) is 10.4. The van der Waals surface area contributed by atoms with Crippen LogP contribution in [0.1, 0.15) is 46.1 Å². The van der Waals surface area contributed by atoms with Gasteiger partial charge >= 0.3 is 0 Å². The van der Waals surface area contributed by atoms with Gasteiger partial charge in [0.25, 0.3) is 0 Å². The molecule has 0 bridgehead atoms. The molecular weight excluding hydrogens is 278 g/mol. The van der Waals surface area contributed by atoms with E-state index in [-0.39, 0.29) is 17.7 Å². The molecule has 2 amide bonds. The van der Waals surface area contributed by atoms with Crippen molar-refractivity contribution in [1.82, 2.24) is 15.6 Å². The van der Waals surface area contributed by atoms with E-state index in [1.54, 1.807) is 12.4 Å². The molecule has 22 heavy (non-hydrogen) atoms. The topological polar surface area (TPSA) is 71.1 Å². The number of hydrogen-bond donors (Lipinski definition) is 2. The Hall–Kier alpha value is -1.91. The van der Waals surface area contributed by atoms with Gasteiger partial charge in [-0.3, -0.25) is 14.6 Å². The van der Waals surface area contributed by atoms with Crippen molar-refractivity contribution in [2.24, 2.45) is 11.8 Å². The van der Waals surface area contributed by atoms with Crippen molar-refractivity contribution in [1.29, 1.82) is 0 Å². The fourth-order valence-electron chi connectivity index (χ4n) is 2.14. The summed E-state index contributed by atoms with van der Waals surface area (Å²) >= 11 is 0. The van der Waals surface area contributed by atoms with Crippen molar-refractivity contribution in [2.75, 3.05) is 0 Å². The van der Waals surface area contributed by atoms with Crippen LogP contribution in [0.15, 0.2) is 24.5 Å². The Balaban J connectivity index is 2.58. The lowest BCUT2D eigenvalue weighted by atomic mass is 10.0. The zero-order valence-electron chi connectivity index (χ0n) is 13.9. The molecule has 2 N–H and O–H groups in total. The van der Waals surface area contributed by atoms with E-state index < -0.39 is 6.04 Å². The quantitative estimate of drug-likeness (QED) is 0.774. The first-order valence-electron chi connectivity index (χ1n) is 7.84. The van der Waals surface area contributed by atoms with Gasteiger partial charge < -0.3 is 10.6 Å². The lowest BCUT2D eigenvalue weighted by Crippen LogP contribution is -2.47. The predicted octanol–water partition coefficient (Wildman–Crippen LogP) is 2.27. The summed E-state index contributed by atoms with van der Waals surface area (Å²) in [5, 5.41) is 5.72. The first kappa shape index (κ1) is 18.1. The molecule has 1 heterocycles. The molecule has 1 aromatic heterocycles. The van der Waals surface area contributed by atoms with Gasteiger partial charge in [0.05, 0.1) is 0 Å². The van der Waals surface area contributed by atoms with Gasteiger partial charge in [-0.2, -0.15) is 0 Å². The number of rotatable bonds is 8. The summed E-state index contributed by atoms with van der Waals surface area (Å²) in [7, 11) is 0. The number of hydrogen-bond acceptors (Lipinski definition) is 3. The summed E-state index contributed by atoms with van der Waals surface area (Å²) < 4.78 is 0. The zero-order valence-corrected chi connectivity index (χ0v) is 13.9. The molecule has 0 aliphatic carbocycles. The van der Waals surface area contributed by atoms with Gasteiger partial charge in [0.2, 0.25) is 11.8 Å². The number of amides is 2. The highest BCUT2D eigenvalue weighted by molar-refractivity contribution is 5.87. The minimum Gasteiger partial charge on any atom is -0.350 e. The highest BCUT2D eigenvalue weighted by Gasteiger charge is 2.21. The lowest BCUT2D eigenvalue weighted by Gasteiger charge is -2.20. The number of aromatic nitrogens is 1. The van der Waals surface area contributed by atoms with Crippen molar-refractivity contribution in [3.05, 3.63) is 30.1 Å². The molecule has 0 saturated heterocycles. The third-order valence-corrected chi connectivity index (χ3v) is 3.14. The second kappa shape index (κ2) is 9.18. The number of carbonyl (C=O) groups excluding carboxylic acids is 2. The van der Waals surface area contributed by atoms with Crippen molar-refractivity contribution >= 4 is 11.8 Å². The fourth-order valence-corrected chi connectivity index (χ4v) is 2.14. The molecule has 0 aromatic carbocycles. The van der Waals surface area contributed by atoms with E-state index >= 15 is 0 Å². The molecule has 1 atom stereocenters. The molecule has 1 rings (SSSR count). The summed E-state index contributed by atoms with van der Waals surface area (Å²) in [6.07, 6.45) is 4.47. The zero-order chi connectivity index (χ0) is 16.5. The van der Waals surface area contributed by atoms with E-state index in [1.807, 2.05) is 39.8 Å². The third kappa shape index (κ3) is 7.20. The normalized spacial score (nSPS) is 12.3. The van der Waals surface area contributed by atoms with E-state index in [2.05, 4.69) is 15.6 Å². The summed E-state index contributed by atoms with van der Waals surface area (Å²) in [5.41, 5.74) is 0.938. The van der Waals surface area contributed by atoms with Crippen molar-refractivity contribution in [2.45, 2.75) is 53.1 Å². The first-order valence-corrected chi connectivity index (χ1v) is 7.84. The smallest absolute Gasteiger partial charge is 0.242 e. The van der Waals surface area contributed by atoms with Crippen LogP contribution in [0.2, 0.25) is 0 Å². The minimum absolute atomic E-state index is 0.0721. The van der Waals surface area contributed by atoms with Crippen LogP contribution in [0.25, 0.3) is 0 Å². The Bertz CT molecular complexity index is 472.